The van der Waals surface area contributed by atoms with E-state index < -0.39 is 16.4 Å². The summed E-state index contributed by atoms with van der Waals surface area (Å²) in [6.07, 6.45) is 0. The molecule has 0 aliphatic carbocycles. The summed E-state index contributed by atoms with van der Waals surface area (Å²) in [5.74, 6) is -0.784. The number of benzene rings is 2. The summed E-state index contributed by atoms with van der Waals surface area (Å²) in [6.45, 7) is 0. The Morgan fingerprint density at radius 3 is 2.71 bits per heavy atom. The molecule has 0 fully saturated rings. The van der Waals surface area contributed by atoms with Gasteiger partial charge >= 0.3 is 5.69 Å². The number of aromatic nitrogens is 2. The third-order valence-electron chi connectivity index (χ3n) is 3.03. The van der Waals surface area contributed by atoms with E-state index in [9.17, 15) is 19.3 Å². The Morgan fingerprint density at radius 1 is 1.19 bits per heavy atom. The van der Waals surface area contributed by atoms with E-state index in [1.807, 2.05) is 0 Å². The molecule has 1 N–H and O–H groups in total. The van der Waals surface area contributed by atoms with Crippen molar-refractivity contribution in [3.63, 3.8) is 0 Å². The molecule has 104 valence electrons. The van der Waals surface area contributed by atoms with Crippen LogP contribution >= 0.6 is 0 Å². The predicted molar refractivity (Wildman–Crippen MR) is 74.4 cm³/mol. The molecule has 0 atom stereocenters. The molecular weight excluding hydrogens is 277 g/mol. The van der Waals surface area contributed by atoms with Crippen LogP contribution in [0.1, 0.15) is 0 Å². The van der Waals surface area contributed by atoms with E-state index in [-0.39, 0.29) is 16.9 Å². The van der Waals surface area contributed by atoms with E-state index in [1.54, 1.807) is 24.3 Å². The Balaban J connectivity index is 2.23. The highest BCUT2D eigenvalue weighted by molar-refractivity contribution is 5.79. The summed E-state index contributed by atoms with van der Waals surface area (Å²) in [4.78, 5) is 28.7. The molecule has 0 aliphatic rings. The van der Waals surface area contributed by atoms with Crippen molar-refractivity contribution in [1.29, 1.82) is 0 Å². The number of para-hydroxylation sites is 1. The molecule has 0 amide bonds. The molecule has 21 heavy (non-hydrogen) atoms. The number of rotatable bonds is 2. The fourth-order valence-electron chi connectivity index (χ4n) is 2.02. The summed E-state index contributed by atoms with van der Waals surface area (Å²) in [6, 6.07) is 10.1. The number of H-pyrrole nitrogens is 1. The summed E-state index contributed by atoms with van der Waals surface area (Å²) >= 11 is 0. The normalized spacial score (nSPS) is 10.7. The van der Waals surface area contributed by atoms with Gasteiger partial charge in [-0.2, -0.15) is 4.39 Å². The Hall–Kier alpha value is -3.09. The van der Waals surface area contributed by atoms with Crippen molar-refractivity contribution >= 4 is 16.6 Å². The van der Waals surface area contributed by atoms with Crippen LogP contribution in [0.4, 0.5) is 10.1 Å². The predicted octanol–water partition coefficient (Wildman–Crippen LogP) is 2.64. The van der Waals surface area contributed by atoms with E-state index >= 15 is 0 Å². The second-order valence-electron chi connectivity index (χ2n) is 4.35. The van der Waals surface area contributed by atoms with Crippen molar-refractivity contribution in [1.82, 2.24) is 9.97 Å². The number of nitrogens with zero attached hydrogens (tertiary/aromatic N) is 2. The summed E-state index contributed by atoms with van der Waals surface area (Å²) in [7, 11) is 0. The number of hydrogen-bond donors (Lipinski definition) is 1. The van der Waals surface area contributed by atoms with Crippen molar-refractivity contribution in [3.05, 3.63) is 68.7 Å². The minimum atomic E-state index is -0.938. The maximum absolute atomic E-state index is 13.3. The average molecular weight is 285 g/mol. The van der Waals surface area contributed by atoms with Gasteiger partial charge < -0.3 is 4.98 Å². The molecule has 0 unspecified atom stereocenters. The van der Waals surface area contributed by atoms with E-state index in [0.29, 0.717) is 10.9 Å². The van der Waals surface area contributed by atoms with Gasteiger partial charge in [-0.25, -0.2) is 4.98 Å². The van der Waals surface area contributed by atoms with Crippen LogP contribution in [-0.2, 0) is 0 Å². The van der Waals surface area contributed by atoms with Crippen molar-refractivity contribution in [2.24, 2.45) is 0 Å². The molecule has 0 saturated heterocycles. The highest BCUT2D eigenvalue weighted by atomic mass is 19.1. The van der Waals surface area contributed by atoms with Crippen LogP contribution in [0, 0.1) is 15.9 Å². The van der Waals surface area contributed by atoms with Gasteiger partial charge in [-0.1, -0.05) is 12.1 Å². The maximum Gasteiger partial charge on any atom is 0.305 e. The van der Waals surface area contributed by atoms with Gasteiger partial charge in [-0.15, -0.1) is 0 Å². The lowest BCUT2D eigenvalue weighted by Gasteiger charge is -2.03. The van der Waals surface area contributed by atoms with Crippen LogP contribution < -0.4 is 5.56 Å². The first-order valence-corrected chi connectivity index (χ1v) is 5.99. The maximum atomic E-state index is 13.3. The van der Waals surface area contributed by atoms with Crippen LogP contribution in [0.5, 0.6) is 0 Å². The highest BCUT2D eigenvalue weighted by Gasteiger charge is 2.16. The van der Waals surface area contributed by atoms with Gasteiger partial charge in [0.25, 0.3) is 5.56 Å². The number of fused-ring (bicyclic) bond motifs is 1. The molecule has 0 bridgehead atoms. The third-order valence-corrected chi connectivity index (χ3v) is 3.03. The summed E-state index contributed by atoms with van der Waals surface area (Å²) in [5.41, 5.74) is -0.292. The molecule has 0 spiro atoms. The Morgan fingerprint density at radius 2 is 1.95 bits per heavy atom. The third kappa shape index (κ3) is 2.25. The molecule has 2 aromatic carbocycles. The Labute approximate surface area is 117 Å². The smallest absolute Gasteiger partial charge is 0.305 e. The molecule has 0 aliphatic heterocycles. The number of nitrogens with one attached hydrogen (secondary N) is 1. The van der Waals surface area contributed by atoms with Crippen molar-refractivity contribution in [3.8, 4) is 11.4 Å². The minimum absolute atomic E-state index is 0.154. The summed E-state index contributed by atoms with van der Waals surface area (Å²) < 4.78 is 13.3. The molecule has 6 nitrogen and oxygen atoms in total. The zero-order chi connectivity index (χ0) is 15.0. The van der Waals surface area contributed by atoms with Gasteiger partial charge in [0.1, 0.15) is 5.82 Å². The molecule has 1 heterocycles. The SMILES string of the molecule is O=c1[nH]c(-c2ccc(F)c([N+](=O)[O-])c2)nc2ccccc12. The zero-order valence-electron chi connectivity index (χ0n) is 10.5. The number of aromatic amines is 1. The fourth-order valence-corrected chi connectivity index (χ4v) is 2.02. The number of nitro benzene ring substituents is 1. The molecule has 0 radical (unpaired) electrons. The lowest BCUT2D eigenvalue weighted by atomic mass is 10.1. The number of nitro groups is 1. The number of hydrogen-bond acceptors (Lipinski definition) is 4. The van der Waals surface area contributed by atoms with Crippen LogP contribution in [0.2, 0.25) is 0 Å². The highest BCUT2D eigenvalue weighted by Crippen LogP contribution is 2.24. The number of halogens is 1. The van der Waals surface area contributed by atoms with E-state index in [4.69, 9.17) is 0 Å². The van der Waals surface area contributed by atoms with Gasteiger partial charge in [0.05, 0.1) is 15.8 Å². The van der Waals surface area contributed by atoms with Crippen LogP contribution in [0.15, 0.2) is 47.3 Å². The quantitative estimate of drug-likeness (QED) is 0.579. The second kappa shape index (κ2) is 4.78. The zero-order valence-corrected chi connectivity index (χ0v) is 10.5. The molecule has 3 rings (SSSR count). The first-order valence-electron chi connectivity index (χ1n) is 5.99. The summed E-state index contributed by atoms with van der Waals surface area (Å²) in [5, 5.41) is 11.2. The molecular formula is C14H8FN3O3. The molecule has 0 saturated carbocycles. The van der Waals surface area contributed by atoms with E-state index in [0.717, 1.165) is 12.1 Å². The van der Waals surface area contributed by atoms with Gasteiger partial charge in [0.2, 0.25) is 5.82 Å². The largest absolute Gasteiger partial charge is 0.306 e. The molecule has 1 aromatic heterocycles. The topological polar surface area (TPSA) is 88.9 Å². The van der Waals surface area contributed by atoms with E-state index in [2.05, 4.69) is 9.97 Å². The van der Waals surface area contributed by atoms with Gasteiger partial charge in [-0.3, -0.25) is 14.9 Å². The standard InChI is InChI=1S/C14H8FN3O3/c15-10-6-5-8(7-12(10)18(20)21)13-16-11-4-2-1-3-9(11)14(19)17-13/h1-7H,(H,16,17,19). The Kier molecular flexibility index (Phi) is 2.94. The van der Waals surface area contributed by atoms with Crippen LogP contribution in [0.3, 0.4) is 0 Å². The second-order valence-corrected chi connectivity index (χ2v) is 4.35. The van der Waals surface area contributed by atoms with Crippen LogP contribution in [0.25, 0.3) is 22.3 Å². The molecule has 7 heteroatoms. The van der Waals surface area contributed by atoms with Crippen LogP contribution in [-0.4, -0.2) is 14.9 Å². The van der Waals surface area contributed by atoms with Gasteiger partial charge in [0, 0.05) is 11.6 Å². The molecule has 3 aromatic rings. The Bertz CT molecular complexity index is 921. The van der Waals surface area contributed by atoms with E-state index in [1.165, 1.54) is 6.07 Å². The van der Waals surface area contributed by atoms with Crippen molar-refractivity contribution in [2.45, 2.75) is 0 Å². The first-order chi connectivity index (χ1) is 10.1. The van der Waals surface area contributed by atoms with Crippen molar-refractivity contribution < 1.29 is 9.31 Å². The monoisotopic (exact) mass is 285 g/mol. The van der Waals surface area contributed by atoms with Gasteiger partial charge in [0.15, 0.2) is 0 Å². The van der Waals surface area contributed by atoms with Gasteiger partial charge in [-0.05, 0) is 24.3 Å². The minimum Gasteiger partial charge on any atom is -0.306 e. The fraction of sp³-hybridized carbons (Fsp3) is 0. The lowest BCUT2D eigenvalue weighted by Crippen LogP contribution is -2.09. The van der Waals surface area contributed by atoms with Crippen molar-refractivity contribution in [2.75, 3.05) is 0 Å². The average Bonchev–Trinajstić information content (AvgIpc) is 2.47. The first kappa shape index (κ1) is 12.9. The lowest BCUT2D eigenvalue weighted by molar-refractivity contribution is -0.387.